The third kappa shape index (κ3) is 15.3. The summed E-state index contributed by atoms with van der Waals surface area (Å²) < 4.78 is 51.8. The normalized spacial score (nSPS) is 21.0. The van der Waals surface area contributed by atoms with Crippen molar-refractivity contribution in [1.82, 2.24) is 41.1 Å². The number of carbonyl (C=O) groups is 5. The number of amidine groups is 3. The molecular formula is C52H57ClF3N11O8S3. The highest BCUT2D eigenvalue weighted by Crippen LogP contribution is 2.36. The van der Waals surface area contributed by atoms with Crippen molar-refractivity contribution < 1.29 is 51.7 Å². The molecule has 5 amide bonds. The second kappa shape index (κ2) is 27.5. The first kappa shape index (κ1) is 57.8. The van der Waals surface area contributed by atoms with Gasteiger partial charge < -0.3 is 24.4 Å². The van der Waals surface area contributed by atoms with Crippen molar-refractivity contribution in [2.24, 2.45) is 15.0 Å². The second-order valence-electron chi connectivity index (χ2n) is 18.4. The summed E-state index contributed by atoms with van der Waals surface area (Å²) in [5.41, 5.74) is 10.6. The number of phenolic OH excluding ortho intramolecular Hbond substituents is 1. The lowest BCUT2D eigenvalue weighted by atomic mass is 10.2. The molecule has 0 spiro atoms. The largest absolute Gasteiger partial charge is 0.507 e. The fraction of sp³-hybridized carbons (Fsp3) is 0.385. The average Bonchev–Trinajstić information content (AvgIpc) is 4.33. The van der Waals surface area contributed by atoms with Gasteiger partial charge in [-0.2, -0.15) is 15.0 Å². The molecule has 8 heterocycles. The van der Waals surface area contributed by atoms with Crippen molar-refractivity contribution in [3.05, 3.63) is 103 Å². The quantitative estimate of drug-likeness (QED) is 0.176. The summed E-state index contributed by atoms with van der Waals surface area (Å²) in [6.45, 7) is 7.54. The van der Waals surface area contributed by atoms with E-state index in [4.69, 9.17) is 9.47 Å². The molecule has 3 aromatic rings. The standard InChI is InChI=1S/2C19H21FN4O3S.C14H14FN3O2S.ClH/c2*20-14-5-6-15(27-19(26)23-8-3-4-9-23)13(11-14)12-16-17(25)22-18(28-16)24-10-2-1-7-21-24;15-10-3-4-11(19)9(7-10)8-12-13(20)17-14(21-12)18-6-2-1-5-16-18;/h2*5-6,11-12,21H,1-4,7-10H2;3-4,7-8,16,19H,1-2,5-6H2;1H/b2*16-12+;12-8-;. The van der Waals surface area contributed by atoms with Gasteiger partial charge in [0.2, 0.25) is 0 Å². The number of thioether (sulfide) groups is 3. The molecule has 5 fully saturated rings. The monoisotopic (exact) mass is 1150 g/mol. The van der Waals surface area contributed by atoms with Crippen molar-refractivity contribution in [3.8, 4) is 17.2 Å². The number of likely N-dealkylation sites (tertiary alicyclic amines) is 2. The Morgan fingerprint density at radius 3 is 1.15 bits per heavy atom. The molecule has 0 aromatic heterocycles. The number of hydrogen-bond donors (Lipinski definition) is 4. The number of rotatable bonds is 5. The number of benzene rings is 3. The van der Waals surface area contributed by atoms with Crippen LogP contribution in [0.15, 0.2) is 84.3 Å². The van der Waals surface area contributed by atoms with Gasteiger partial charge in [-0.3, -0.25) is 29.4 Å². The number of amides is 5. The number of aromatic hydroxyl groups is 1. The van der Waals surface area contributed by atoms with Crippen molar-refractivity contribution in [2.45, 2.75) is 64.2 Å². The molecule has 19 nitrogen and oxygen atoms in total. The van der Waals surface area contributed by atoms with Crippen molar-refractivity contribution >= 4 is 111 Å². The molecule has 0 saturated carbocycles. The minimum absolute atomic E-state index is 0. The number of ether oxygens (including phenoxy) is 2. The number of hydrogen-bond acceptors (Lipinski definition) is 17. The van der Waals surface area contributed by atoms with Gasteiger partial charge in [-0.25, -0.2) is 39.0 Å². The molecule has 0 unspecified atom stereocenters. The van der Waals surface area contributed by atoms with E-state index >= 15 is 0 Å². The predicted octanol–water partition coefficient (Wildman–Crippen LogP) is 8.51. The van der Waals surface area contributed by atoms with Crippen LogP contribution in [0.3, 0.4) is 0 Å². The SMILES string of the molecule is Cl.O=C1N=C(N2CCCCN2)S/C1=C/c1cc(F)ccc1OC(=O)N1CCCC1.O=C1N=C(N2CCCCN2)S/C1=C/c1cc(F)ccc1OC(=O)N1CCCC1.O=C1N=C(N2CCCCN2)S/C1=C\c1cc(F)ccc1O. The third-order valence-corrected chi connectivity index (χ3v) is 15.8. The lowest BCUT2D eigenvalue weighted by Gasteiger charge is -2.28. The lowest BCUT2D eigenvalue weighted by molar-refractivity contribution is -0.114. The van der Waals surface area contributed by atoms with Crippen LogP contribution in [0.2, 0.25) is 0 Å². The Hall–Kier alpha value is -6.35. The van der Waals surface area contributed by atoms with Gasteiger partial charge in [0.1, 0.15) is 34.7 Å². The molecule has 0 atom stereocenters. The van der Waals surface area contributed by atoms with Crippen LogP contribution in [-0.4, -0.2) is 141 Å². The number of phenols is 1. The highest BCUT2D eigenvalue weighted by molar-refractivity contribution is 8.19. The highest BCUT2D eigenvalue weighted by atomic mass is 35.5. The number of hydrazine groups is 3. The van der Waals surface area contributed by atoms with Crippen molar-refractivity contribution in [1.29, 1.82) is 0 Å². The fourth-order valence-corrected chi connectivity index (χ4v) is 11.5. The summed E-state index contributed by atoms with van der Waals surface area (Å²) in [5, 5.41) is 17.1. The van der Waals surface area contributed by atoms with Gasteiger partial charge in [0, 0.05) is 82.1 Å². The maximum atomic E-state index is 13.8. The molecule has 0 bridgehead atoms. The van der Waals surface area contributed by atoms with E-state index in [0.717, 1.165) is 103 Å². The van der Waals surface area contributed by atoms with E-state index in [1.54, 1.807) is 9.80 Å². The molecule has 8 aliphatic heterocycles. The zero-order chi connectivity index (χ0) is 53.8. The molecule has 8 aliphatic rings. The number of aliphatic imine (C=N–C) groups is 3. The van der Waals surface area contributed by atoms with Crippen LogP contribution in [-0.2, 0) is 14.4 Å². The Morgan fingerprint density at radius 2 is 0.808 bits per heavy atom. The second-order valence-corrected chi connectivity index (χ2v) is 21.5. The fourth-order valence-electron chi connectivity index (χ4n) is 8.73. The van der Waals surface area contributed by atoms with Gasteiger partial charge in [-0.05, 0) is 172 Å². The molecule has 3 aromatic carbocycles. The van der Waals surface area contributed by atoms with Gasteiger partial charge in [-0.1, -0.05) is 0 Å². The van der Waals surface area contributed by atoms with Crippen LogP contribution in [0.5, 0.6) is 17.2 Å². The van der Waals surface area contributed by atoms with E-state index < -0.39 is 29.6 Å². The topological polar surface area (TPSA) is 213 Å². The summed E-state index contributed by atoms with van der Waals surface area (Å²) in [5.74, 6) is -2.15. The maximum absolute atomic E-state index is 13.8. The van der Waals surface area contributed by atoms with Gasteiger partial charge in [0.05, 0.1) is 14.7 Å². The van der Waals surface area contributed by atoms with E-state index in [0.29, 0.717) is 67.5 Å². The van der Waals surface area contributed by atoms with Gasteiger partial charge >= 0.3 is 12.2 Å². The molecule has 11 rings (SSSR count). The van der Waals surface area contributed by atoms with E-state index in [-0.39, 0.29) is 52.9 Å². The molecule has 26 heteroatoms. The van der Waals surface area contributed by atoms with E-state index in [1.807, 2.05) is 15.0 Å². The summed E-state index contributed by atoms with van der Waals surface area (Å²) in [6.07, 6.45) is 13.8. The van der Waals surface area contributed by atoms with Crippen LogP contribution in [0.4, 0.5) is 22.8 Å². The van der Waals surface area contributed by atoms with Crippen LogP contribution in [0.25, 0.3) is 18.2 Å². The molecule has 5 saturated heterocycles. The van der Waals surface area contributed by atoms with Crippen LogP contribution in [0, 0.1) is 17.5 Å². The third-order valence-electron chi connectivity index (χ3n) is 12.8. The number of halogens is 4. The maximum Gasteiger partial charge on any atom is 0.415 e. The highest BCUT2D eigenvalue weighted by Gasteiger charge is 2.31. The summed E-state index contributed by atoms with van der Waals surface area (Å²) >= 11 is 3.69. The Kier molecular flexibility index (Phi) is 20.4. The minimum atomic E-state index is -0.470. The van der Waals surface area contributed by atoms with E-state index in [9.17, 15) is 42.3 Å². The van der Waals surface area contributed by atoms with Crippen molar-refractivity contribution in [2.75, 3.05) is 65.4 Å². The smallest absolute Gasteiger partial charge is 0.415 e. The van der Waals surface area contributed by atoms with E-state index in [2.05, 4.69) is 31.3 Å². The van der Waals surface area contributed by atoms with Crippen LogP contribution >= 0.6 is 47.7 Å². The number of carbonyl (C=O) groups excluding carboxylic acids is 5. The number of nitrogens with one attached hydrogen (secondary N) is 3. The Morgan fingerprint density at radius 1 is 0.487 bits per heavy atom. The Balaban J connectivity index is 0.000000155. The van der Waals surface area contributed by atoms with E-state index in [1.165, 1.54) is 108 Å². The Labute approximate surface area is 467 Å². The first-order valence-electron chi connectivity index (χ1n) is 25.5. The molecule has 4 N–H and O–H groups in total. The minimum Gasteiger partial charge on any atom is -0.507 e. The van der Waals surface area contributed by atoms with Gasteiger partial charge in [0.15, 0.2) is 15.5 Å². The summed E-state index contributed by atoms with van der Waals surface area (Å²) in [4.78, 5) is 77.7. The van der Waals surface area contributed by atoms with Crippen LogP contribution in [0.1, 0.15) is 80.9 Å². The molecule has 0 aliphatic carbocycles. The predicted molar refractivity (Wildman–Crippen MR) is 298 cm³/mol. The number of nitrogens with zero attached hydrogens (tertiary/aromatic N) is 8. The van der Waals surface area contributed by atoms with Crippen LogP contribution < -0.4 is 25.8 Å². The lowest BCUT2D eigenvalue weighted by Crippen LogP contribution is -2.45. The molecular weight excluding hydrogens is 1100 g/mol. The first-order valence-corrected chi connectivity index (χ1v) is 27.9. The summed E-state index contributed by atoms with van der Waals surface area (Å²) in [6, 6.07) is 11.4. The summed E-state index contributed by atoms with van der Waals surface area (Å²) in [7, 11) is 0. The average molecular weight is 1150 g/mol. The first-order chi connectivity index (χ1) is 37.3. The van der Waals surface area contributed by atoms with Gasteiger partial charge in [0.25, 0.3) is 17.7 Å². The molecule has 0 radical (unpaired) electrons. The molecule has 414 valence electrons. The van der Waals surface area contributed by atoms with Crippen molar-refractivity contribution in [3.63, 3.8) is 0 Å². The van der Waals surface area contributed by atoms with Gasteiger partial charge in [-0.15, -0.1) is 12.4 Å². The molecule has 78 heavy (non-hydrogen) atoms. The zero-order valence-corrected chi connectivity index (χ0v) is 45.5. The Bertz CT molecular complexity index is 2810. The zero-order valence-electron chi connectivity index (χ0n) is 42.2.